The maximum atomic E-state index is 13.0. The van der Waals surface area contributed by atoms with Crippen LogP contribution in [-0.2, 0) is 0 Å². The Bertz CT molecular complexity index is 604. The summed E-state index contributed by atoms with van der Waals surface area (Å²) in [6.45, 7) is 2.63. The van der Waals surface area contributed by atoms with Crippen LogP contribution < -0.4 is 15.8 Å². The molecule has 0 aliphatic carbocycles. The van der Waals surface area contributed by atoms with Crippen LogP contribution in [0.25, 0.3) is 0 Å². The van der Waals surface area contributed by atoms with Crippen LogP contribution in [0.15, 0.2) is 36.4 Å². The molecule has 0 spiro atoms. The molecule has 2 rings (SSSR count). The molecule has 0 saturated heterocycles. The number of benzene rings is 2. The maximum absolute atomic E-state index is 13.0. The number of hydrogen-bond donors (Lipinski definition) is 2. The highest BCUT2D eigenvalue weighted by Gasteiger charge is 2.08. The van der Waals surface area contributed by atoms with E-state index in [0.717, 1.165) is 6.42 Å². The van der Waals surface area contributed by atoms with Crippen LogP contribution in [0.3, 0.4) is 0 Å². The number of nitrogens with two attached hydrogens (primary N) is 1. The minimum atomic E-state index is -0.381. The third-order valence-corrected chi connectivity index (χ3v) is 3.04. The van der Waals surface area contributed by atoms with Gasteiger partial charge in [0, 0.05) is 0 Å². The second-order valence-corrected chi connectivity index (χ2v) is 4.72. The Morgan fingerprint density at radius 2 is 2.05 bits per heavy atom. The first kappa shape index (κ1) is 14.5. The van der Waals surface area contributed by atoms with Crippen molar-refractivity contribution in [3.63, 3.8) is 0 Å². The predicted octanol–water partition coefficient (Wildman–Crippen LogP) is 4.59. The van der Waals surface area contributed by atoms with Crippen LogP contribution in [0.4, 0.5) is 21.5 Å². The minimum absolute atomic E-state index is 0.296. The summed E-state index contributed by atoms with van der Waals surface area (Å²) in [5, 5.41) is 3.38. The van der Waals surface area contributed by atoms with Gasteiger partial charge < -0.3 is 15.8 Å². The van der Waals surface area contributed by atoms with E-state index in [1.165, 1.54) is 12.1 Å². The fourth-order valence-corrected chi connectivity index (χ4v) is 1.94. The lowest BCUT2D eigenvalue weighted by Gasteiger charge is -2.14. The summed E-state index contributed by atoms with van der Waals surface area (Å²) in [6, 6.07) is 9.60. The standard InChI is InChI=1S/C15H16ClFN2O/c1-2-8-20-14-5-3-4-13(15(14)18)19-12-7-6-10(17)9-11(12)16/h3-7,9,19H,2,8,18H2,1H3. The summed E-state index contributed by atoms with van der Waals surface area (Å²) >= 11 is 5.98. The van der Waals surface area contributed by atoms with Crippen molar-refractivity contribution in [2.24, 2.45) is 0 Å². The van der Waals surface area contributed by atoms with E-state index in [4.69, 9.17) is 22.1 Å². The molecular formula is C15H16ClFN2O. The van der Waals surface area contributed by atoms with E-state index in [1.54, 1.807) is 6.07 Å². The summed E-state index contributed by atoms with van der Waals surface area (Å²) < 4.78 is 18.6. The fourth-order valence-electron chi connectivity index (χ4n) is 1.73. The highest BCUT2D eigenvalue weighted by Crippen LogP contribution is 2.33. The Kier molecular flexibility index (Phi) is 4.69. The van der Waals surface area contributed by atoms with E-state index >= 15 is 0 Å². The lowest BCUT2D eigenvalue weighted by molar-refractivity contribution is 0.319. The number of halogens is 2. The van der Waals surface area contributed by atoms with E-state index in [2.05, 4.69) is 5.32 Å². The van der Waals surface area contributed by atoms with Gasteiger partial charge in [0.25, 0.3) is 0 Å². The van der Waals surface area contributed by atoms with Crippen molar-refractivity contribution in [2.75, 3.05) is 17.7 Å². The van der Waals surface area contributed by atoms with Crippen molar-refractivity contribution in [2.45, 2.75) is 13.3 Å². The zero-order valence-corrected chi connectivity index (χ0v) is 11.9. The molecule has 0 amide bonds. The van der Waals surface area contributed by atoms with Gasteiger partial charge in [-0.05, 0) is 36.8 Å². The highest BCUT2D eigenvalue weighted by molar-refractivity contribution is 6.33. The summed E-state index contributed by atoms with van der Waals surface area (Å²) in [7, 11) is 0. The molecule has 0 aliphatic heterocycles. The van der Waals surface area contributed by atoms with E-state index in [9.17, 15) is 4.39 Å². The molecule has 0 aromatic heterocycles. The first-order chi connectivity index (χ1) is 9.61. The Morgan fingerprint density at radius 3 is 2.75 bits per heavy atom. The number of rotatable bonds is 5. The van der Waals surface area contributed by atoms with Gasteiger partial charge >= 0.3 is 0 Å². The van der Waals surface area contributed by atoms with E-state index in [-0.39, 0.29) is 5.82 Å². The zero-order chi connectivity index (χ0) is 14.5. The normalized spacial score (nSPS) is 10.3. The number of anilines is 3. The molecule has 5 heteroatoms. The quantitative estimate of drug-likeness (QED) is 0.793. The van der Waals surface area contributed by atoms with Crippen LogP contribution in [0.5, 0.6) is 5.75 Å². The van der Waals surface area contributed by atoms with Gasteiger partial charge in [-0.1, -0.05) is 24.6 Å². The first-order valence-corrected chi connectivity index (χ1v) is 6.73. The van der Waals surface area contributed by atoms with E-state index in [1.807, 2.05) is 25.1 Å². The molecule has 0 saturated carbocycles. The Hall–Kier alpha value is -1.94. The van der Waals surface area contributed by atoms with Gasteiger partial charge in [0.05, 0.1) is 28.7 Å². The van der Waals surface area contributed by atoms with Crippen molar-refractivity contribution in [1.82, 2.24) is 0 Å². The maximum Gasteiger partial charge on any atom is 0.144 e. The summed E-state index contributed by atoms with van der Waals surface area (Å²) in [4.78, 5) is 0. The number of para-hydroxylation sites is 1. The SMILES string of the molecule is CCCOc1cccc(Nc2ccc(F)cc2Cl)c1N. The summed E-state index contributed by atoms with van der Waals surface area (Å²) in [5.41, 5.74) is 7.81. The Morgan fingerprint density at radius 1 is 1.25 bits per heavy atom. The molecule has 3 nitrogen and oxygen atoms in total. The van der Waals surface area contributed by atoms with Gasteiger partial charge in [-0.15, -0.1) is 0 Å². The highest BCUT2D eigenvalue weighted by atomic mass is 35.5. The zero-order valence-electron chi connectivity index (χ0n) is 11.1. The van der Waals surface area contributed by atoms with Crippen molar-refractivity contribution < 1.29 is 9.13 Å². The van der Waals surface area contributed by atoms with Crippen LogP contribution in [0.1, 0.15) is 13.3 Å². The van der Waals surface area contributed by atoms with Crippen LogP contribution in [0, 0.1) is 5.82 Å². The molecule has 0 aliphatic rings. The molecule has 0 radical (unpaired) electrons. The molecule has 3 N–H and O–H groups in total. The number of hydrogen-bond acceptors (Lipinski definition) is 3. The molecule has 106 valence electrons. The van der Waals surface area contributed by atoms with Gasteiger partial charge in [0.15, 0.2) is 0 Å². The van der Waals surface area contributed by atoms with Gasteiger partial charge in [-0.25, -0.2) is 4.39 Å². The number of nitrogen functional groups attached to an aromatic ring is 1. The molecule has 0 atom stereocenters. The van der Waals surface area contributed by atoms with Crippen molar-refractivity contribution in [3.05, 3.63) is 47.2 Å². The lowest BCUT2D eigenvalue weighted by Crippen LogP contribution is -2.02. The van der Waals surface area contributed by atoms with E-state index in [0.29, 0.717) is 34.4 Å². The third kappa shape index (κ3) is 3.33. The molecule has 2 aromatic rings. The summed E-state index contributed by atoms with van der Waals surface area (Å²) in [6.07, 6.45) is 0.904. The number of ether oxygens (including phenoxy) is 1. The lowest BCUT2D eigenvalue weighted by atomic mass is 10.2. The topological polar surface area (TPSA) is 47.3 Å². The second-order valence-electron chi connectivity index (χ2n) is 4.32. The van der Waals surface area contributed by atoms with Crippen molar-refractivity contribution >= 4 is 28.7 Å². The van der Waals surface area contributed by atoms with Crippen LogP contribution >= 0.6 is 11.6 Å². The van der Waals surface area contributed by atoms with Crippen molar-refractivity contribution in [3.8, 4) is 5.75 Å². The number of nitrogens with one attached hydrogen (secondary N) is 1. The largest absolute Gasteiger partial charge is 0.491 e. The van der Waals surface area contributed by atoms with Crippen LogP contribution in [-0.4, -0.2) is 6.61 Å². The molecule has 20 heavy (non-hydrogen) atoms. The molecule has 0 fully saturated rings. The smallest absolute Gasteiger partial charge is 0.144 e. The predicted molar refractivity (Wildman–Crippen MR) is 81.3 cm³/mol. The molecule has 0 unspecified atom stereocenters. The van der Waals surface area contributed by atoms with E-state index < -0.39 is 0 Å². The molecular weight excluding hydrogens is 279 g/mol. The third-order valence-electron chi connectivity index (χ3n) is 2.73. The Balaban J connectivity index is 2.24. The Labute approximate surface area is 122 Å². The molecule has 0 bridgehead atoms. The monoisotopic (exact) mass is 294 g/mol. The first-order valence-electron chi connectivity index (χ1n) is 6.35. The fraction of sp³-hybridized carbons (Fsp3) is 0.200. The van der Waals surface area contributed by atoms with Crippen LogP contribution in [0.2, 0.25) is 5.02 Å². The average molecular weight is 295 g/mol. The van der Waals surface area contributed by atoms with Gasteiger partial charge in [0.1, 0.15) is 11.6 Å². The average Bonchev–Trinajstić information content (AvgIpc) is 2.42. The minimum Gasteiger partial charge on any atom is -0.491 e. The molecule has 2 aromatic carbocycles. The molecule has 0 heterocycles. The summed E-state index contributed by atoms with van der Waals surface area (Å²) in [5.74, 6) is 0.239. The second kappa shape index (κ2) is 6.48. The van der Waals surface area contributed by atoms with Crippen molar-refractivity contribution in [1.29, 1.82) is 0 Å². The van der Waals surface area contributed by atoms with Gasteiger partial charge in [-0.2, -0.15) is 0 Å². The van der Waals surface area contributed by atoms with Gasteiger partial charge in [0.2, 0.25) is 0 Å². The van der Waals surface area contributed by atoms with Gasteiger partial charge in [-0.3, -0.25) is 0 Å².